The molecule has 1 spiro atoms. The molecule has 1 aromatic heterocycles. The Morgan fingerprint density at radius 1 is 1.19 bits per heavy atom. The highest BCUT2D eigenvalue weighted by Gasteiger charge is 2.36. The van der Waals surface area contributed by atoms with E-state index in [1.54, 1.807) is 0 Å². The average molecular weight is 290 g/mol. The number of aryl methyl sites for hydroxylation is 1. The van der Waals surface area contributed by atoms with E-state index in [1.807, 2.05) is 0 Å². The van der Waals surface area contributed by atoms with Gasteiger partial charge in [0.15, 0.2) is 0 Å². The van der Waals surface area contributed by atoms with Crippen LogP contribution in [0.3, 0.4) is 0 Å². The first kappa shape index (κ1) is 15.1. The molecule has 1 aromatic rings. The molecule has 3 heteroatoms. The molecule has 0 bridgehead atoms. The van der Waals surface area contributed by atoms with E-state index in [0.29, 0.717) is 0 Å². The van der Waals surface area contributed by atoms with Gasteiger partial charge in [-0.2, -0.15) is 0 Å². The van der Waals surface area contributed by atoms with Crippen molar-refractivity contribution in [2.45, 2.75) is 65.5 Å². The summed E-state index contributed by atoms with van der Waals surface area (Å²) in [6.45, 7) is 9.68. The van der Waals surface area contributed by atoms with Crippen LogP contribution in [0.1, 0.15) is 62.5 Å². The third-order valence-corrected chi connectivity index (χ3v) is 5.60. The largest absolute Gasteiger partial charge is 0.465 e. The Balaban J connectivity index is 1.54. The second-order valence-electron chi connectivity index (χ2n) is 7.06. The molecule has 3 nitrogen and oxygen atoms in total. The monoisotopic (exact) mass is 290 g/mol. The molecule has 1 aliphatic heterocycles. The molecule has 2 aliphatic rings. The fourth-order valence-electron chi connectivity index (χ4n) is 4.13. The molecule has 21 heavy (non-hydrogen) atoms. The van der Waals surface area contributed by atoms with Gasteiger partial charge in [0.1, 0.15) is 11.5 Å². The minimum absolute atomic E-state index is 0.720. The van der Waals surface area contributed by atoms with Gasteiger partial charge in [0.2, 0.25) is 0 Å². The zero-order chi connectivity index (χ0) is 14.7. The third kappa shape index (κ3) is 3.51. The van der Waals surface area contributed by atoms with E-state index in [-0.39, 0.29) is 0 Å². The van der Waals surface area contributed by atoms with Gasteiger partial charge in [-0.05, 0) is 63.7 Å². The molecule has 2 fully saturated rings. The van der Waals surface area contributed by atoms with Crippen molar-refractivity contribution in [2.75, 3.05) is 19.6 Å². The Morgan fingerprint density at radius 3 is 2.57 bits per heavy atom. The fraction of sp³-hybridized carbons (Fsp3) is 0.778. The summed E-state index contributed by atoms with van der Waals surface area (Å²) in [5.41, 5.74) is 2.10. The van der Waals surface area contributed by atoms with Crippen molar-refractivity contribution in [3.63, 3.8) is 0 Å². The Kier molecular flexibility index (Phi) is 4.70. The predicted octanol–water partition coefficient (Wildman–Crippen LogP) is 3.85. The Morgan fingerprint density at radius 2 is 1.90 bits per heavy atom. The van der Waals surface area contributed by atoms with Gasteiger partial charge < -0.3 is 9.73 Å². The molecular formula is C18H30N2O. The number of nitrogens with one attached hydrogen (secondary N) is 1. The van der Waals surface area contributed by atoms with Gasteiger partial charge in [0.05, 0.1) is 6.54 Å². The lowest BCUT2D eigenvalue weighted by Gasteiger charge is -2.39. The van der Waals surface area contributed by atoms with E-state index in [2.05, 4.69) is 30.1 Å². The Labute approximate surface area is 129 Å². The van der Waals surface area contributed by atoms with Crippen molar-refractivity contribution < 1.29 is 4.42 Å². The predicted molar refractivity (Wildman–Crippen MR) is 86.2 cm³/mol. The lowest BCUT2D eigenvalue weighted by Crippen LogP contribution is -2.38. The number of nitrogens with zero attached hydrogens (tertiary/aromatic N) is 1. The Hall–Kier alpha value is -0.800. The van der Waals surface area contributed by atoms with Crippen molar-refractivity contribution in [2.24, 2.45) is 5.41 Å². The third-order valence-electron chi connectivity index (χ3n) is 5.60. The van der Waals surface area contributed by atoms with Gasteiger partial charge in [0, 0.05) is 12.1 Å². The fourth-order valence-corrected chi connectivity index (χ4v) is 4.13. The molecule has 0 atom stereocenters. The van der Waals surface area contributed by atoms with E-state index in [1.165, 1.54) is 57.2 Å². The second kappa shape index (κ2) is 6.53. The summed E-state index contributed by atoms with van der Waals surface area (Å²) >= 11 is 0. The molecular weight excluding hydrogens is 260 g/mol. The first-order valence-electron chi connectivity index (χ1n) is 8.72. The average Bonchev–Trinajstić information content (AvgIpc) is 3.07. The molecule has 0 radical (unpaired) electrons. The lowest BCUT2D eigenvalue weighted by molar-refractivity contribution is 0.103. The number of hydrogen-bond donors (Lipinski definition) is 1. The Bertz CT molecular complexity index is 450. The summed E-state index contributed by atoms with van der Waals surface area (Å²) in [5.74, 6) is 2.18. The smallest absolute Gasteiger partial charge is 0.118 e. The topological polar surface area (TPSA) is 28.4 Å². The molecule has 1 saturated heterocycles. The number of furan rings is 1. The van der Waals surface area contributed by atoms with Gasteiger partial charge in [-0.15, -0.1) is 0 Å². The van der Waals surface area contributed by atoms with Crippen LogP contribution in [-0.2, 0) is 13.1 Å². The van der Waals surface area contributed by atoms with Crippen LogP contribution >= 0.6 is 0 Å². The molecule has 0 amide bonds. The van der Waals surface area contributed by atoms with Crippen molar-refractivity contribution >= 4 is 0 Å². The standard InChI is InChI=1S/C18H30N2O/c1-3-19-13-17-12-16(15(2)21-17)14-20-10-8-18(9-11-20)6-4-5-7-18/h12,19H,3-11,13-14H2,1-2H3. The van der Waals surface area contributed by atoms with Crippen LogP contribution < -0.4 is 5.32 Å². The molecule has 1 saturated carbocycles. The lowest BCUT2D eigenvalue weighted by atomic mass is 9.77. The molecule has 118 valence electrons. The maximum atomic E-state index is 5.86. The molecule has 3 rings (SSSR count). The summed E-state index contributed by atoms with van der Waals surface area (Å²) in [7, 11) is 0. The number of likely N-dealkylation sites (tertiary alicyclic amines) is 1. The van der Waals surface area contributed by atoms with Crippen molar-refractivity contribution in [1.82, 2.24) is 10.2 Å². The van der Waals surface area contributed by atoms with E-state index < -0.39 is 0 Å². The summed E-state index contributed by atoms with van der Waals surface area (Å²) in [5, 5.41) is 3.33. The van der Waals surface area contributed by atoms with Gasteiger partial charge in [-0.1, -0.05) is 19.8 Å². The SMILES string of the molecule is CCNCc1cc(CN2CCC3(CCCC3)CC2)c(C)o1. The van der Waals surface area contributed by atoms with Gasteiger partial charge >= 0.3 is 0 Å². The summed E-state index contributed by atoms with van der Waals surface area (Å²) in [6.07, 6.45) is 8.72. The molecule has 1 aliphatic carbocycles. The first-order chi connectivity index (χ1) is 10.2. The minimum Gasteiger partial charge on any atom is -0.465 e. The number of rotatable bonds is 5. The highest BCUT2D eigenvalue weighted by molar-refractivity contribution is 5.21. The normalized spacial score (nSPS) is 22.2. The van der Waals surface area contributed by atoms with Crippen molar-refractivity contribution in [3.8, 4) is 0 Å². The molecule has 2 heterocycles. The van der Waals surface area contributed by atoms with Gasteiger partial charge in [-0.3, -0.25) is 4.90 Å². The maximum Gasteiger partial charge on any atom is 0.118 e. The van der Waals surface area contributed by atoms with Crippen molar-refractivity contribution in [3.05, 3.63) is 23.2 Å². The van der Waals surface area contributed by atoms with Crippen LogP contribution in [0.25, 0.3) is 0 Å². The van der Waals surface area contributed by atoms with Crippen molar-refractivity contribution in [1.29, 1.82) is 0 Å². The van der Waals surface area contributed by atoms with Crippen LogP contribution in [0.4, 0.5) is 0 Å². The maximum absolute atomic E-state index is 5.86. The highest BCUT2D eigenvalue weighted by Crippen LogP contribution is 2.46. The van der Waals surface area contributed by atoms with Crippen LogP contribution in [0.2, 0.25) is 0 Å². The number of piperidine rings is 1. The van der Waals surface area contributed by atoms with E-state index >= 15 is 0 Å². The van der Waals surface area contributed by atoms with E-state index in [0.717, 1.165) is 36.6 Å². The zero-order valence-electron chi connectivity index (χ0n) is 13.7. The summed E-state index contributed by atoms with van der Waals surface area (Å²) in [4.78, 5) is 2.62. The second-order valence-corrected chi connectivity index (χ2v) is 7.06. The van der Waals surface area contributed by atoms with E-state index in [4.69, 9.17) is 4.42 Å². The highest BCUT2D eigenvalue weighted by atomic mass is 16.3. The molecule has 1 N–H and O–H groups in total. The summed E-state index contributed by atoms with van der Waals surface area (Å²) in [6, 6.07) is 2.25. The number of hydrogen-bond acceptors (Lipinski definition) is 3. The van der Waals surface area contributed by atoms with Crippen LogP contribution in [0.15, 0.2) is 10.5 Å². The quantitative estimate of drug-likeness (QED) is 0.892. The van der Waals surface area contributed by atoms with Crippen LogP contribution in [0.5, 0.6) is 0 Å². The van der Waals surface area contributed by atoms with Crippen LogP contribution in [0, 0.1) is 12.3 Å². The van der Waals surface area contributed by atoms with Gasteiger partial charge in [0.25, 0.3) is 0 Å². The van der Waals surface area contributed by atoms with E-state index in [9.17, 15) is 0 Å². The molecule has 0 unspecified atom stereocenters. The van der Waals surface area contributed by atoms with Crippen LogP contribution in [-0.4, -0.2) is 24.5 Å². The minimum atomic E-state index is 0.720. The van der Waals surface area contributed by atoms with Gasteiger partial charge in [-0.25, -0.2) is 0 Å². The zero-order valence-corrected chi connectivity index (χ0v) is 13.7. The molecule has 0 aromatic carbocycles. The summed E-state index contributed by atoms with van der Waals surface area (Å²) < 4.78 is 5.86. The first-order valence-corrected chi connectivity index (χ1v) is 8.72.